The Morgan fingerprint density at radius 1 is 0.520 bits per heavy atom. The van der Waals surface area contributed by atoms with E-state index in [0.717, 1.165) is 38.5 Å². The largest absolute Gasteiger partial charge is 0.387 e. The van der Waals surface area contributed by atoms with Crippen LogP contribution < -0.4 is 5.32 Å². The van der Waals surface area contributed by atoms with E-state index in [2.05, 4.69) is 43.5 Å². The van der Waals surface area contributed by atoms with Gasteiger partial charge in [-0.3, -0.25) is 9.35 Å². The van der Waals surface area contributed by atoms with Crippen molar-refractivity contribution in [3.63, 3.8) is 0 Å². The summed E-state index contributed by atoms with van der Waals surface area (Å²) in [6.07, 6.45) is 48.5. The molecule has 0 aromatic carbocycles. The third-order valence-corrected chi connectivity index (χ3v) is 10.3. The van der Waals surface area contributed by atoms with Crippen molar-refractivity contribution in [1.29, 1.82) is 0 Å². The second kappa shape index (κ2) is 37.3. The summed E-state index contributed by atoms with van der Waals surface area (Å²) in [7, 11) is -4.35. The standard InChI is InChI=1S/C43H81NO5S/c1-3-5-7-9-11-13-15-17-19-21-23-25-27-29-31-33-35-37-39-43(46)44-41(40-50(47,48)49)42(45)38-36-34-32-30-28-26-24-22-20-18-16-14-12-10-8-6-4-2/h20,22,28,30,36,38,41-42,45H,3-19,21,23-27,29,31-35,37,39-40H2,1-2H3,(H,44,46)(H,47,48,49)/b22-20+,30-28+,38-36+. The molecule has 0 bridgehead atoms. The Hall–Kier alpha value is -1.44. The van der Waals surface area contributed by atoms with Crippen LogP contribution in [0.25, 0.3) is 0 Å². The van der Waals surface area contributed by atoms with Gasteiger partial charge in [0.1, 0.15) is 0 Å². The van der Waals surface area contributed by atoms with E-state index in [9.17, 15) is 22.9 Å². The van der Waals surface area contributed by atoms with Gasteiger partial charge in [-0.15, -0.1) is 0 Å². The number of amides is 1. The highest BCUT2D eigenvalue weighted by Gasteiger charge is 2.24. The Morgan fingerprint density at radius 3 is 1.26 bits per heavy atom. The zero-order valence-corrected chi connectivity index (χ0v) is 33.6. The van der Waals surface area contributed by atoms with Crippen molar-refractivity contribution in [2.24, 2.45) is 0 Å². The summed E-state index contributed by atoms with van der Waals surface area (Å²) in [6.45, 7) is 4.52. The molecule has 6 nitrogen and oxygen atoms in total. The van der Waals surface area contributed by atoms with Crippen molar-refractivity contribution in [3.8, 4) is 0 Å². The minimum absolute atomic E-state index is 0.288. The molecule has 3 N–H and O–H groups in total. The average molecular weight is 724 g/mol. The van der Waals surface area contributed by atoms with E-state index in [4.69, 9.17) is 0 Å². The molecule has 0 saturated heterocycles. The van der Waals surface area contributed by atoms with Crippen LogP contribution in [0.2, 0.25) is 0 Å². The molecule has 0 radical (unpaired) electrons. The first kappa shape index (κ1) is 48.6. The third-order valence-electron chi connectivity index (χ3n) is 9.55. The molecule has 0 spiro atoms. The van der Waals surface area contributed by atoms with E-state index >= 15 is 0 Å². The molecule has 0 aliphatic heterocycles. The molecule has 0 heterocycles. The van der Waals surface area contributed by atoms with Crippen molar-refractivity contribution in [1.82, 2.24) is 5.32 Å². The van der Waals surface area contributed by atoms with Gasteiger partial charge in [0.05, 0.1) is 17.9 Å². The molecule has 1 amide bonds. The number of allylic oxidation sites excluding steroid dienone is 5. The quantitative estimate of drug-likeness (QED) is 0.0334. The maximum absolute atomic E-state index is 12.5. The van der Waals surface area contributed by atoms with Crippen LogP contribution in [0.4, 0.5) is 0 Å². The molecule has 0 aromatic heterocycles. The number of unbranched alkanes of at least 4 members (excludes halogenated alkanes) is 26. The first-order valence-corrected chi connectivity index (χ1v) is 22.8. The van der Waals surface area contributed by atoms with E-state index in [1.807, 2.05) is 0 Å². The number of aliphatic hydroxyl groups excluding tert-OH is 1. The Bertz CT molecular complexity index is 930. The summed E-state index contributed by atoms with van der Waals surface area (Å²) in [5, 5.41) is 13.2. The van der Waals surface area contributed by atoms with E-state index in [0.29, 0.717) is 6.42 Å². The van der Waals surface area contributed by atoms with E-state index in [1.165, 1.54) is 154 Å². The number of carbonyl (C=O) groups is 1. The monoisotopic (exact) mass is 724 g/mol. The van der Waals surface area contributed by atoms with Crippen LogP contribution in [0.5, 0.6) is 0 Å². The van der Waals surface area contributed by atoms with E-state index < -0.39 is 28.0 Å². The number of carbonyl (C=O) groups excluding carboxylic acids is 1. The second-order valence-electron chi connectivity index (χ2n) is 14.6. The highest BCUT2D eigenvalue weighted by molar-refractivity contribution is 7.85. The molecule has 0 fully saturated rings. The fourth-order valence-electron chi connectivity index (χ4n) is 6.36. The first-order chi connectivity index (χ1) is 24.3. The van der Waals surface area contributed by atoms with E-state index in [1.54, 1.807) is 6.08 Å². The second-order valence-corrected chi connectivity index (χ2v) is 16.1. The predicted octanol–water partition coefficient (Wildman–Crippen LogP) is 12.5. The lowest BCUT2D eigenvalue weighted by Gasteiger charge is -2.21. The van der Waals surface area contributed by atoms with Gasteiger partial charge >= 0.3 is 0 Å². The lowest BCUT2D eigenvalue weighted by Crippen LogP contribution is -2.46. The van der Waals surface area contributed by atoms with Crippen molar-refractivity contribution < 1.29 is 22.9 Å². The SMILES string of the molecule is CCCCCCCCC/C=C/CC/C=C/CC/C=C/C(O)C(CS(=O)(=O)O)NC(=O)CCCCCCCCCCCCCCCCCCCC. The summed E-state index contributed by atoms with van der Waals surface area (Å²) in [4.78, 5) is 12.5. The minimum atomic E-state index is -4.35. The van der Waals surface area contributed by atoms with Crippen molar-refractivity contribution in [2.45, 2.75) is 225 Å². The smallest absolute Gasteiger partial charge is 0.267 e. The summed E-state index contributed by atoms with van der Waals surface area (Å²) >= 11 is 0. The van der Waals surface area contributed by atoms with Crippen LogP contribution in [0.15, 0.2) is 36.5 Å². The van der Waals surface area contributed by atoms with Crippen LogP contribution in [-0.4, -0.2) is 41.9 Å². The maximum Gasteiger partial charge on any atom is 0.267 e. The highest BCUT2D eigenvalue weighted by atomic mass is 32.2. The summed E-state index contributed by atoms with van der Waals surface area (Å²) < 4.78 is 32.5. The molecule has 50 heavy (non-hydrogen) atoms. The number of nitrogens with one attached hydrogen (secondary N) is 1. The molecular weight excluding hydrogens is 643 g/mol. The Morgan fingerprint density at radius 2 is 0.860 bits per heavy atom. The molecule has 0 rings (SSSR count). The fraction of sp³-hybridized carbons (Fsp3) is 0.837. The molecule has 2 atom stereocenters. The van der Waals surface area contributed by atoms with E-state index in [-0.39, 0.29) is 12.3 Å². The molecule has 294 valence electrons. The Balaban J connectivity index is 3.95. The minimum Gasteiger partial charge on any atom is -0.387 e. The average Bonchev–Trinajstić information content (AvgIpc) is 3.08. The normalized spacial score (nSPS) is 13.6. The van der Waals surface area contributed by atoms with Gasteiger partial charge in [-0.05, 0) is 44.9 Å². The lowest BCUT2D eigenvalue weighted by atomic mass is 10.0. The lowest BCUT2D eigenvalue weighted by molar-refractivity contribution is -0.122. The van der Waals surface area contributed by atoms with Gasteiger partial charge < -0.3 is 10.4 Å². The highest BCUT2D eigenvalue weighted by Crippen LogP contribution is 2.15. The molecular formula is C43H81NO5S. The molecule has 7 heteroatoms. The Labute approximate surface area is 310 Å². The van der Waals surface area contributed by atoms with Gasteiger partial charge in [-0.25, -0.2) is 0 Å². The fourth-order valence-corrected chi connectivity index (χ4v) is 7.10. The molecule has 0 aliphatic carbocycles. The van der Waals surface area contributed by atoms with Crippen molar-refractivity contribution >= 4 is 16.0 Å². The van der Waals surface area contributed by atoms with Crippen molar-refractivity contribution in [2.75, 3.05) is 5.75 Å². The van der Waals surface area contributed by atoms with Gasteiger partial charge in [-0.2, -0.15) is 8.42 Å². The molecule has 2 unspecified atom stereocenters. The van der Waals surface area contributed by atoms with Crippen molar-refractivity contribution in [3.05, 3.63) is 36.5 Å². The molecule has 0 aromatic rings. The summed E-state index contributed by atoms with van der Waals surface area (Å²) in [5.74, 6) is -1.00. The van der Waals surface area contributed by atoms with Crippen LogP contribution in [-0.2, 0) is 14.9 Å². The number of aliphatic hydroxyl groups is 1. The Kier molecular flexibility index (Phi) is 36.2. The zero-order valence-electron chi connectivity index (χ0n) is 32.8. The van der Waals surface area contributed by atoms with Crippen LogP contribution in [0.1, 0.15) is 213 Å². The van der Waals surface area contributed by atoms with Crippen LogP contribution in [0, 0.1) is 0 Å². The summed E-state index contributed by atoms with van der Waals surface area (Å²) in [5.41, 5.74) is 0. The number of hydrogen-bond donors (Lipinski definition) is 3. The predicted molar refractivity (Wildman–Crippen MR) is 216 cm³/mol. The van der Waals surface area contributed by atoms with Gasteiger partial charge in [0.25, 0.3) is 10.1 Å². The van der Waals surface area contributed by atoms with Crippen LogP contribution >= 0.6 is 0 Å². The molecule has 0 saturated carbocycles. The topological polar surface area (TPSA) is 104 Å². The number of rotatable bonds is 38. The number of hydrogen-bond acceptors (Lipinski definition) is 4. The van der Waals surface area contributed by atoms with Gasteiger partial charge in [-0.1, -0.05) is 198 Å². The van der Waals surface area contributed by atoms with Crippen LogP contribution in [0.3, 0.4) is 0 Å². The summed E-state index contributed by atoms with van der Waals surface area (Å²) in [6, 6.07) is -1.08. The third kappa shape index (κ3) is 37.8. The zero-order chi connectivity index (χ0) is 36.8. The molecule has 0 aliphatic rings. The van der Waals surface area contributed by atoms with Gasteiger partial charge in [0.15, 0.2) is 0 Å². The van der Waals surface area contributed by atoms with Gasteiger partial charge in [0, 0.05) is 6.42 Å². The van der Waals surface area contributed by atoms with Gasteiger partial charge in [0.2, 0.25) is 5.91 Å². The first-order valence-electron chi connectivity index (χ1n) is 21.2. The maximum atomic E-state index is 12.5.